The average molecular weight is 397 g/mol. The summed E-state index contributed by atoms with van der Waals surface area (Å²) < 4.78 is 0. The second-order valence-electron chi connectivity index (χ2n) is 10.8. The maximum atomic E-state index is 10.9. The molecular weight excluding hydrogens is 356 g/mol. The maximum absolute atomic E-state index is 10.9. The topological polar surface area (TPSA) is 44.3 Å². The molecule has 0 aliphatic rings. The fraction of sp³-hybridized carbons (Fsp3) is 0.538. The Balaban J connectivity index is 2.27. The Morgan fingerprint density at radius 3 is 1.62 bits per heavy atom. The molecule has 0 bridgehead atoms. The van der Waals surface area contributed by atoms with Gasteiger partial charge in [0.2, 0.25) is 0 Å². The Bertz CT molecular complexity index is 773. The molecule has 2 aromatic rings. The number of rotatable bonds is 6. The van der Waals surface area contributed by atoms with Gasteiger partial charge in [0, 0.05) is 34.2 Å². The minimum atomic E-state index is -0.137. The number of aromatic hydroxyl groups is 1. The molecule has 3 heteroatoms. The molecule has 0 saturated heterocycles. The molecule has 3 nitrogen and oxygen atoms in total. The standard InChI is InChI=1S/C26H40N2O/c1-17(2)14-18(3)27-19-10-12-20(13-11-19)28-21-15-22(25(4,5)6)24(29)23(16-21)26(7,8)9/h10-13,15-18,27-29H,14H2,1-9H3. The molecule has 3 N–H and O–H groups in total. The lowest BCUT2D eigenvalue weighted by molar-refractivity contribution is 0.423. The molecule has 0 aliphatic carbocycles. The van der Waals surface area contributed by atoms with Gasteiger partial charge in [-0.15, -0.1) is 0 Å². The minimum absolute atomic E-state index is 0.137. The van der Waals surface area contributed by atoms with Crippen LogP contribution in [0.25, 0.3) is 0 Å². The van der Waals surface area contributed by atoms with Gasteiger partial charge < -0.3 is 15.7 Å². The van der Waals surface area contributed by atoms with Crippen molar-refractivity contribution in [1.29, 1.82) is 0 Å². The number of hydrogen-bond acceptors (Lipinski definition) is 3. The zero-order chi connectivity index (χ0) is 22.0. The highest BCUT2D eigenvalue weighted by molar-refractivity contribution is 5.67. The van der Waals surface area contributed by atoms with E-state index in [1.165, 1.54) is 0 Å². The Morgan fingerprint density at radius 2 is 1.21 bits per heavy atom. The van der Waals surface area contributed by atoms with Crippen molar-refractivity contribution in [2.24, 2.45) is 5.92 Å². The van der Waals surface area contributed by atoms with Gasteiger partial charge in [-0.1, -0.05) is 55.4 Å². The second-order valence-corrected chi connectivity index (χ2v) is 10.8. The summed E-state index contributed by atoms with van der Waals surface area (Å²) in [5.74, 6) is 1.09. The molecule has 0 heterocycles. The molecule has 29 heavy (non-hydrogen) atoms. The molecule has 0 radical (unpaired) electrons. The summed E-state index contributed by atoms with van der Waals surface area (Å²) in [6.45, 7) is 19.5. The van der Waals surface area contributed by atoms with Crippen molar-refractivity contribution in [2.45, 2.75) is 85.6 Å². The summed E-state index contributed by atoms with van der Waals surface area (Å²) in [6.07, 6.45) is 1.15. The molecule has 0 spiro atoms. The first-order chi connectivity index (χ1) is 13.3. The molecule has 0 saturated carbocycles. The number of phenols is 1. The van der Waals surface area contributed by atoms with Gasteiger partial charge in [-0.25, -0.2) is 0 Å². The van der Waals surface area contributed by atoms with E-state index in [2.05, 4.69) is 109 Å². The highest BCUT2D eigenvalue weighted by Crippen LogP contribution is 2.41. The molecule has 160 valence electrons. The third-order valence-electron chi connectivity index (χ3n) is 5.14. The zero-order valence-corrected chi connectivity index (χ0v) is 19.8. The van der Waals surface area contributed by atoms with Crippen LogP contribution >= 0.6 is 0 Å². The number of benzene rings is 2. The number of phenolic OH excluding ortho intramolecular Hbond substituents is 1. The van der Waals surface area contributed by atoms with Gasteiger partial charge in [0.25, 0.3) is 0 Å². The number of hydrogen-bond donors (Lipinski definition) is 3. The predicted octanol–water partition coefficient (Wildman–Crippen LogP) is 7.58. The van der Waals surface area contributed by atoms with E-state index < -0.39 is 0 Å². The van der Waals surface area contributed by atoms with Crippen LogP contribution in [0, 0.1) is 5.92 Å². The first-order valence-corrected chi connectivity index (χ1v) is 10.8. The van der Waals surface area contributed by atoms with Crippen LogP contribution in [0.5, 0.6) is 5.75 Å². The van der Waals surface area contributed by atoms with Crippen LogP contribution < -0.4 is 10.6 Å². The molecule has 2 rings (SSSR count). The third-order valence-corrected chi connectivity index (χ3v) is 5.14. The van der Waals surface area contributed by atoms with Crippen molar-refractivity contribution >= 4 is 17.1 Å². The summed E-state index contributed by atoms with van der Waals surface area (Å²) in [4.78, 5) is 0. The smallest absolute Gasteiger partial charge is 0.123 e. The predicted molar refractivity (Wildman–Crippen MR) is 128 cm³/mol. The van der Waals surface area contributed by atoms with Gasteiger partial charge in [-0.3, -0.25) is 0 Å². The van der Waals surface area contributed by atoms with E-state index in [4.69, 9.17) is 0 Å². The van der Waals surface area contributed by atoms with Gasteiger partial charge >= 0.3 is 0 Å². The van der Waals surface area contributed by atoms with Gasteiger partial charge in [0.1, 0.15) is 5.75 Å². The van der Waals surface area contributed by atoms with E-state index in [0.717, 1.165) is 34.6 Å². The van der Waals surface area contributed by atoms with Crippen molar-refractivity contribution in [1.82, 2.24) is 0 Å². The van der Waals surface area contributed by atoms with Crippen molar-refractivity contribution in [3.63, 3.8) is 0 Å². The maximum Gasteiger partial charge on any atom is 0.123 e. The van der Waals surface area contributed by atoms with Crippen molar-refractivity contribution in [3.8, 4) is 5.75 Å². The zero-order valence-electron chi connectivity index (χ0n) is 19.8. The Labute approximate surface area is 177 Å². The van der Waals surface area contributed by atoms with E-state index in [1.54, 1.807) is 0 Å². The SMILES string of the molecule is CC(C)CC(C)Nc1ccc(Nc2cc(C(C)(C)C)c(O)c(C(C)(C)C)c2)cc1. The first kappa shape index (κ1) is 23.1. The second kappa shape index (κ2) is 8.69. The van der Waals surface area contributed by atoms with Crippen LogP contribution in [0.3, 0.4) is 0 Å². The van der Waals surface area contributed by atoms with Crippen LogP contribution in [-0.4, -0.2) is 11.1 Å². The summed E-state index contributed by atoms with van der Waals surface area (Å²) in [5.41, 5.74) is 4.84. The molecule has 0 aromatic heterocycles. The highest BCUT2D eigenvalue weighted by Gasteiger charge is 2.26. The Kier molecular flexibility index (Phi) is 6.93. The van der Waals surface area contributed by atoms with Crippen LogP contribution in [0.1, 0.15) is 79.9 Å². The van der Waals surface area contributed by atoms with E-state index in [9.17, 15) is 5.11 Å². The van der Waals surface area contributed by atoms with E-state index in [0.29, 0.717) is 17.7 Å². The monoisotopic (exact) mass is 396 g/mol. The fourth-order valence-corrected chi connectivity index (χ4v) is 3.72. The Hall–Kier alpha value is -2.16. The van der Waals surface area contributed by atoms with Crippen LogP contribution in [-0.2, 0) is 10.8 Å². The summed E-state index contributed by atoms with van der Waals surface area (Å²) in [6, 6.07) is 13.0. The third kappa shape index (κ3) is 6.42. The van der Waals surface area contributed by atoms with Crippen LogP contribution in [0.15, 0.2) is 36.4 Å². The minimum Gasteiger partial charge on any atom is -0.507 e. The molecule has 0 amide bonds. The highest BCUT2D eigenvalue weighted by atomic mass is 16.3. The molecule has 0 fully saturated rings. The van der Waals surface area contributed by atoms with Crippen molar-refractivity contribution in [2.75, 3.05) is 10.6 Å². The molecule has 1 atom stereocenters. The van der Waals surface area contributed by atoms with Gasteiger partial charge in [0.05, 0.1) is 0 Å². The van der Waals surface area contributed by atoms with Gasteiger partial charge in [-0.05, 0) is 66.5 Å². The van der Waals surface area contributed by atoms with Gasteiger partial charge in [-0.2, -0.15) is 0 Å². The van der Waals surface area contributed by atoms with Crippen LogP contribution in [0.4, 0.5) is 17.1 Å². The molecule has 1 unspecified atom stereocenters. The van der Waals surface area contributed by atoms with E-state index in [-0.39, 0.29) is 10.8 Å². The van der Waals surface area contributed by atoms with E-state index >= 15 is 0 Å². The molecular formula is C26H40N2O. The average Bonchev–Trinajstić information content (AvgIpc) is 2.55. The summed E-state index contributed by atoms with van der Waals surface area (Å²) in [7, 11) is 0. The molecule has 0 aliphatic heterocycles. The lowest BCUT2D eigenvalue weighted by Crippen LogP contribution is -2.17. The fourth-order valence-electron chi connectivity index (χ4n) is 3.72. The van der Waals surface area contributed by atoms with Crippen molar-refractivity contribution < 1.29 is 5.11 Å². The lowest BCUT2D eigenvalue weighted by Gasteiger charge is -2.28. The summed E-state index contributed by atoms with van der Waals surface area (Å²) >= 11 is 0. The number of anilines is 3. The van der Waals surface area contributed by atoms with Crippen LogP contribution in [0.2, 0.25) is 0 Å². The lowest BCUT2D eigenvalue weighted by atomic mass is 9.79. The normalized spacial score (nSPS) is 13.4. The first-order valence-electron chi connectivity index (χ1n) is 10.8. The number of nitrogens with one attached hydrogen (secondary N) is 2. The largest absolute Gasteiger partial charge is 0.507 e. The quantitative estimate of drug-likeness (QED) is 0.441. The van der Waals surface area contributed by atoms with E-state index in [1.807, 2.05) is 0 Å². The van der Waals surface area contributed by atoms with Gasteiger partial charge in [0.15, 0.2) is 0 Å². The van der Waals surface area contributed by atoms with Crippen molar-refractivity contribution in [3.05, 3.63) is 47.5 Å². The molecule has 2 aromatic carbocycles. The Morgan fingerprint density at radius 1 is 0.759 bits per heavy atom. The summed E-state index contributed by atoms with van der Waals surface area (Å²) in [5, 5.41) is 18.0.